The van der Waals surface area contributed by atoms with Crippen molar-refractivity contribution in [2.45, 2.75) is 12.5 Å². The van der Waals surface area contributed by atoms with E-state index in [1.54, 1.807) is 0 Å². The van der Waals surface area contributed by atoms with Gasteiger partial charge >= 0.3 is 5.97 Å². The van der Waals surface area contributed by atoms with E-state index in [2.05, 4.69) is 4.98 Å². The normalized spacial score (nSPS) is 12.9. The lowest BCUT2D eigenvalue weighted by Crippen LogP contribution is -2.21. The van der Waals surface area contributed by atoms with Gasteiger partial charge in [0.2, 0.25) is 0 Å². The first-order valence-corrected chi connectivity index (χ1v) is 4.64. The van der Waals surface area contributed by atoms with Crippen LogP contribution in [0.4, 0.5) is 0 Å². The lowest BCUT2D eigenvalue weighted by atomic mass is 10.1. The van der Waals surface area contributed by atoms with Crippen LogP contribution in [0, 0.1) is 0 Å². The van der Waals surface area contributed by atoms with Crippen molar-refractivity contribution in [3.63, 3.8) is 0 Å². The predicted octanol–water partition coefficient (Wildman–Crippen LogP) is 1.16. The summed E-state index contributed by atoms with van der Waals surface area (Å²) in [6.45, 7) is 0. The van der Waals surface area contributed by atoms with E-state index < -0.39 is 12.1 Å². The second-order valence-electron chi connectivity index (χ2n) is 3.46. The average molecular weight is 205 g/mol. The molecule has 1 atom stereocenters. The van der Waals surface area contributed by atoms with Crippen LogP contribution < -0.4 is 0 Å². The Balaban J connectivity index is 2.24. The molecule has 0 fully saturated rings. The van der Waals surface area contributed by atoms with Crippen LogP contribution in [0.15, 0.2) is 30.5 Å². The number of rotatable bonds is 3. The molecule has 0 aliphatic carbocycles. The Morgan fingerprint density at radius 2 is 2.20 bits per heavy atom. The van der Waals surface area contributed by atoms with E-state index in [4.69, 9.17) is 5.11 Å². The molecule has 0 amide bonds. The molecule has 15 heavy (non-hydrogen) atoms. The second-order valence-corrected chi connectivity index (χ2v) is 3.46. The van der Waals surface area contributed by atoms with Crippen LogP contribution in [0.5, 0.6) is 0 Å². The van der Waals surface area contributed by atoms with Crippen molar-refractivity contribution in [1.82, 2.24) is 4.98 Å². The number of benzene rings is 1. The smallest absolute Gasteiger partial charge is 0.332 e. The van der Waals surface area contributed by atoms with Crippen LogP contribution in [0.1, 0.15) is 5.56 Å². The summed E-state index contributed by atoms with van der Waals surface area (Å²) >= 11 is 0. The highest BCUT2D eigenvalue weighted by atomic mass is 16.4. The lowest BCUT2D eigenvalue weighted by molar-refractivity contribution is -0.146. The van der Waals surface area contributed by atoms with E-state index in [0.717, 1.165) is 16.5 Å². The number of carboxylic acid groups (broad SMARTS) is 1. The van der Waals surface area contributed by atoms with Crippen molar-refractivity contribution in [3.8, 4) is 0 Å². The fourth-order valence-electron chi connectivity index (χ4n) is 1.53. The minimum Gasteiger partial charge on any atom is -0.479 e. The van der Waals surface area contributed by atoms with E-state index in [9.17, 15) is 9.90 Å². The first kappa shape index (κ1) is 9.73. The number of carbonyl (C=O) groups is 1. The van der Waals surface area contributed by atoms with Crippen LogP contribution in [0.25, 0.3) is 10.9 Å². The SMILES string of the molecule is O=C(O)C(O)Cc1ccc2cc[nH]c2c1. The van der Waals surface area contributed by atoms with Crippen molar-refractivity contribution in [2.75, 3.05) is 0 Å². The monoisotopic (exact) mass is 205 g/mol. The van der Waals surface area contributed by atoms with Gasteiger partial charge in [-0.3, -0.25) is 0 Å². The zero-order valence-electron chi connectivity index (χ0n) is 7.97. The Kier molecular flexibility index (Phi) is 2.43. The van der Waals surface area contributed by atoms with Crippen LogP contribution in [-0.2, 0) is 11.2 Å². The molecule has 2 rings (SSSR count). The van der Waals surface area contributed by atoms with Gasteiger partial charge in [0, 0.05) is 18.1 Å². The average Bonchev–Trinajstić information content (AvgIpc) is 2.64. The Labute approximate surface area is 86.2 Å². The number of aliphatic hydroxyl groups excluding tert-OH is 1. The zero-order valence-corrected chi connectivity index (χ0v) is 7.97. The van der Waals surface area contributed by atoms with Gasteiger partial charge < -0.3 is 15.2 Å². The molecule has 3 N–H and O–H groups in total. The van der Waals surface area contributed by atoms with E-state index in [-0.39, 0.29) is 6.42 Å². The number of hydrogen-bond acceptors (Lipinski definition) is 2. The molecular formula is C11H11NO3. The molecule has 4 nitrogen and oxygen atoms in total. The van der Waals surface area contributed by atoms with Crippen LogP contribution in [-0.4, -0.2) is 27.3 Å². The predicted molar refractivity (Wildman–Crippen MR) is 55.6 cm³/mol. The van der Waals surface area contributed by atoms with Crippen LogP contribution in [0.2, 0.25) is 0 Å². The van der Waals surface area contributed by atoms with Gasteiger partial charge in [0.1, 0.15) is 0 Å². The first-order chi connectivity index (χ1) is 7.16. The number of aliphatic carboxylic acids is 1. The van der Waals surface area contributed by atoms with Gasteiger partial charge in [-0.25, -0.2) is 4.79 Å². The third-order valence-corrected chi connectivity index (χ3v) is 2.33. The van der Waals surface area contributed by atoms with Crippen LogP contribution >= 0.6 is 0 Å². The molecule has 1 unspecified atom stereocenters. The summed E-state index contributed by atoms with van der Waals surface area (Å²) in [5, 5.41) is 18.8. The maximum atomic E-state index is 10.5. The lowest BCUT2D eigenvalue weighted by Gasteiger charge is -2.05. The molecule has 0 bridgehead atoms. The standard InChI is InChI=1S/C11H11NO3/c13-10(11(14)15)6-7-1-2-8-3-4-12-9(8)5-7/h1-5,10,12-13H,6H2,(H,14,15). The van der Waals surface area contributed by atoms with E-state index in [0.29, 0.717) is 0 Å². The Morgan fingerprint density at radius 1 is 1.40 bits per heavy atom. The van der Waals surface area contributed by atoms with Gasteiger partial charge in [0.15, 0.2) is 6.10 Å². The van der Waals surface area contributed by atoms with Gasteiger partial charge in [-0.15, -0.1) is 0 Å². The molecule has 0 saturated heterocycles. The molecule has 2 aromatic rings. The highest BCUT2D eigenvalue weighted by molar-refractivity contribution is 5.80. The molecule has 1 heterocycles. The maximum Gasteiger partial charge on any atom is 0.332 e. The Bertz CT molecular complexity index is 489. The third-order valence-electron chi connectivity index (χ3n) is 2.33. The number of hydrogen-bond donors (Lipinski definition) is 3. The zero-order chi connectivity index (χ0) is 10.8. The largest absolute Gasteiger partial charge is 0.479 e. The summed E-state index contributed by atoms with van der Waals surface area (Å²) in [6, 6.07) is 7.51. The van der Waals surface area contributed by atoms with E-state index in [1.165, 1.54) is 0 Å². The van der Waals surface area contributed by atoms with E-state index >= 15 is 0 Å². The van der Waals surface area contributed by atoms with E-state index in [1.807, 2.05) is 30.5 Å². The number of nitrogens with one attached hydrogen (secondary N) is 1. The fraction of sp³-hybridized carbons (Fsp3) is 0.182. The number of H-pyrrole nitrogens is 1. The van der Waals surface area contributed by atoms with Crippen molar-refractivity contribution >= 4 is 16.9 Å². The molecule has 4 heteroatoms. The number of aromatic amines is 1. The summed E-state index contributed by atoms with van der Waals surface area (Å²) in [6.07, 6.45) is 0.615. The van der Waals surface area contributed by atoms with Gasteiger partial charge in [0.25, 0.3) is 0 Å². The highest BCUT2D eigenvalue weighted by Gasteiger charge is 2.13. The Morgan fingerprint density at radius 3 is 2.93 bits per heavy atom. The molecule has 0 saturated carbocycles. The molecular weight excluding hydrogens is 194 g/mol. The summed E-state index contributed by atoms with van der Waals surface area (Å²) in [4.78, 5) is 13.5. The number of carboxylic acids is 1. The molecule has 0 aliphatic rings. The summed E-state index contributed by atoms with van der Waals surface area (Å²) in [7, 11) is 0. The highest BCUT2D eigenvalue weighted by Crippen LogP contribution is 2.15. The van der Waals surface area contributed by atoms with Crippen molar-refractivity contribution in [1.29, 1.82) is 0 Å². The van der Waals surface area contributed by atoms with Gasteiger partial charge in [0.05, 0.1) is 0 Å². The van der Waals surface area contributed by atoms with Crippen molar-refractivity contribution in [2.24, 2.45) is 0 Å². The van der Waals surface area contributed by atoms with Crippen LogP contribution in [0.3, 0.4) is 0 Å². The van der Waals surface area contributed by atoms with Crippen molar-refractivity contribution in [3.05, 3.63) is 36.0 Å². The molecule has 1 aromatic carbocycles. The summed E-state index contributed by atoms with van der Waals surface area (Å²) < 4.78 is 0. The molecule has 78 valence electrons. The minimum absolute atomic E-state index is 0.129. The molecule has 1 aromatic heterocycles. The van der Waals surface area contributed by atoms with Gasteiger partial charge in [-0.2, -0.15) is 0 Å². The van der Waals surface area contributed by atoms with Crippen molar-refractivity contribution < 1.29 is 15.0 Å². The fourth-order valence-corrected chi connectivity index (χ4v) is 1.53. The summed E-state index contributed by atoms with van der Waals surface area (Å²) in [5.74, 6) is -1.19. The number of aliphatic hydroxyl groups is 1. The minimum atomic E-state index is -1.34. The van der Waals surface area contributed by atoms with Gasteiger partial charge in [-0.05, 0) is 23.1 Å². The Hall–Kier alpha value is -1.81. The topological polar surface area (TPSA) is 73.3 Å². The summed E-state index contributed by atoms with van der Waals surface area (Å²) in [5.41, 5.74) is 1.75. The number of fused-ring (bicyclic) bond motifs is 1. The first-order valence-electron chi connectivity index (χ1n) is 4.64. The third kappa shape index (κ3) is 1.99. The quantitative estimate of drug-likeness (QED) is 0.703. The molecule has 0 radical (unpaired) electrons. The second kappa shape index (κ2) is 3.74. The number of aromatic nitrogens is 1. The maximum absolute atomic E-state index is 10.5. The molecule has 0 spiro atoms. The molecule has 0 aliphatic heterocycles. The van der Waals surface area contributed by atoms with Gasteiger partial charge in [-0.1, -0.05) is 12.1 Å².